The molecule has 1 unspecified atom stereocenters. The van der Waals surface area contributed by atoms with E-state index in [1.165, 1.54) is 16.7 Å². The molecule has 1 atom stereocenters. The van der Waals surface area contributed by atoms with Crippen LogP contribution in [0.2, 0.25) is 5.02 Å². The average Bonchev–Trinajstić information content (AvgIpc) is 2.59. The summed E-state index contributed by atoms with van der Waals surface area (Å²) in [6.45, 7) is 4.46. The fourth-order valence-corrected chi connectivity index (χ4v) is 4.77. The van der Waals surface area contributed by atoms with Crippen LogP contribution in [0, 0.1) is 13.8 Å². The van der Waals surface area contributed by atoms with Gasteiger partial charge in [0.25, 0.3) is 0 Å². The van der Waals surface area contributed by atoms with Crippen molar-refractivity contribution in [3.8, 4) is 6.01 Å². The molecule has 6 nitrogen and oxygen atoms in total. The molecule has 1 aromatic heterocycles. The van der Waals surface area contributed by atoms with Crippen molar-refractivity contribution in [1.29, 1.82) is 0 Å². The molecule has 0 N–H and O–H groups in total. The van der Waals surface area contributed by atoms with Gasteiger partial charge in [0.2, 0.25) is 10.0 Å². The number of hydrogen-bond acceptors (Lipinski definition) is 5. The minimum atomic E-state index is -3.56. The van der Waals surface area contributed by atoms with Crippen LogP contribution >= 0.6 is 11.6 Å². The SMILES string of the molecule is Cc1ccc(C)c(S(=O)(=O)N2CCCC(Oc3ncc(Cl)cn3)C2)c1. The summed E-state index contributed by atoms with van der Waals surface area (Å²) in [5.74, 6) is 0. The lowest BCUT2D eigenvalue weighted by Gasteiger charge is -2.32. The van der Waals surface area contributed by atoms with Crippen LogP contribution in [0.25, 0.3) is 0 Å². The molecule has 2 aromatic rings. The second kappa shape index (κ2) is 7.27. The Balaban J connectivity index is 1.78. The quantitative estimate of drug-likeness (QED) is 0.814. The first-order valence-electron chi connectivity index (χ1n) is 8.08. The van der Waals surface area contributed by atoms with Crippen LogP contribution in [0.4, 0.5) is 0 Å². The number of nitrogens with zero attached hydrogens (tertiary/aromatic N) is 3. The highest BCUT2D eigenvalue weighted by Crippen LogP contribution is 2.25. The minimum Gasteiger partial charge on any atom is -0.459 e. The zero-order valence-electron chi connectivity index (χ0n) is 14.1. The Morgan fingerprint density at radius 3 is 2.68 bits per heavy atom. The zero-order valence-corrected chi connectivity index (χ0v) is 15.7. The number of sulfonamides is 1. The molecule has 1 aromatic carbocycles. The van der Waals surface area contributed by atoms with E-state index in [9.17, 15) is 8.42 Å². The minimum absolute atomic E-state index is 0.209. The monoisotopic (exact) mass is 381 g/mol. The molecule has 0 spiro atoms. The van der Waals surface area contributed by atoms with Crippen molar-refractivity contribution in [2.75, 3.05) is 13.1 Å². The lowest BCUT2D eigenvalue weighted by atomic mass is 10.1. The molecule has 1 fully saturated rings. The van der Waals surface area contributed by atoms with E-state index in [0.29, 0.717) is 16.5 Å². The highest BCUT2D eigenvalue weighted by molar-refractivity contribution is 7.89. The predicted octanol–water partition coefficient (Wildman–Crippen LogP) is 2.98. The van der Waals surface area contributed by atoms with Gasteiger partial charge in [-0.2, -0.15) is 4.31 Å². The van der Waals surface area contributed by atoms with E-state index < -0.39 is 10.0 Å². The Kier molecular flexibility index (Phi) is 5.27. The van der Waals surface area contributed by atoms with Crippen LogP contribution in [0.3, 0.4) is 0 Å². The summed E-state index contributed by atoms with van der Waals surface area (Å²) in [5.41, 5.74) is 1.67. The third-order valence-electron chi connectivity index (χ3n) is 4.17. The van der Waals surface area contributed by atoms with Gasteiger partial charge < -0.3 is 4.74 Å². The highest BCUT2D eigenvalue weighted by Gasteiger charge is 2.32. The summed E-state index contributed by atoms with van der Waals surface area (Å²) in [4.78, 5) is 8.38. The molecule has 8 heteroatoms. The first-order chi connectivity index (χ1) is 11.9. The first-order valence-corrected chi connectivity index (χ1v) is 9.89. The lowest BCUT2D eigenvalue weighted by molar-refractivity contribution is 0.119. The third kappa shape index (κ3) is 4.11. The van der Waals surface area contributed by atoms with E-state index in [4.69, 9.17) is 16.3 Å². The van der Waals surface area contributed by atoms with Crippen LogP contribution < -0.4 is 4.74 Å². The number of rotatable bonds is 4. The Hall–Kier alpha value is -1.70. The number of halogens is 1. The molecule has 1 aliphatic rings. The molecule has 1 saturated heterocycles. The number of piperidine rings is 1. The summed E-state index contributed by atoms with van der Waals surface area (Å²) in [5, 5.41) is 0.426. The van der Waals surface area contributed by atoms with E-state index in [1.54, 1.807) is 6.07 Å². The maximum atomic E-state index is 13.0. The molecule has 0 aliphatic carbocycles. The van der Waals surface area contributed by atoms with Gasteiger partial charge in [0, 0.05) is 6.54 Å². The maximum absolute atomic E-state index is 13.0. The van der Waals surface area contributed by atoms with E-state index in [1.807, 2.05) is 26.0 Å². The van der Waals surface area contributed by atoms with Gasteiger partial charge in [-0.3, -0.25) is 0 Å². The average molecular weight is 382 g/mol. The zero-order chi connectivity index (χ0) is 18.0. The van der Waals surface area contributed by atoms with Crippen molar-refractivity contribution in [2.45, 2.75) is 37.7 Å². The molecular weight excluding hydrogens is 362 g/mol. The maximum Gasteiger partial charge on any atom is 0.316 e. The van der Waals surface area contributed by atoms with Crippen molar-refractivity contribution < 1.29 is 13.2 Å². The molecule has 0 saturated carbocycles. The van der Waals surface area contributed by atoms with Crippen molar-refractivity contribution in [3.05, 3.63) is 46.7 Å². The van der Waals surface area contributed by atoms with Crippen LogP contribution in [-0.2, 0) is 10.0 Å². The van der Waals surface area contributed by atoms with Crippen LogP contribution in [-0.4, -0.2) is 41.9 Å². The Bertz CT molecular complexity index is 856. The molecule has 25 heavy (non-hydrogen) atoms. The normalized spacial score (nSPS) is 18.9. The summed E-state index contributed by atoms with van der Waals surface area (Å²) in [7, 11) is -3.56. The molecule has 0 bridgehead atoms. The summed E-state index contributed by atoms with van der Waals surface area (Å²) in [6, 6.07) is 5.67. The van der Waals surface area contributed by atoms with E-state index in [-0.39, 0.29) is 18.7 Å². The number of aromatic nitrogens is 2. The van der Waals surface area contributed by atoms with Crippen molar-refractivity contribution >= 4 is 21.6 Å². The van der Waals surface area contributed by atoms with Gasteiger partial charge in [0.15, 0.2) is 0 Å². The van der Waals surface area contributed by atoms with Crippen LogP contribution in [0.1, 0.15) is 24.0 Å². The summed E-state index contributed by atoms with van der Waals surface area (Å²) >= 11 is 5.76. The molecule has 2 heterocycles. The molecule has 3 rings (SSSR count). The smallest absolute Gasteiger partial charge is 0.316 e. The van der Waals surface area contributed by atoms with Crippen molar-refractivity contribution in [2.24, 2.45) is 0 Å². The first kappa shape index (κ1) is 18.1. The summed E-state index contributed by atoms with van der Waals surface area (Å²) in [6.07, 6.45) is 4.11. The number of benzene rings is 1. The van der Waals surface area contributed by atoms with E-state index in [0.717, 1.165) is 24.0 Å². The Morgan fingerprint density at radius 2 is 1.96 bits per heavy atom. The van der Waals surface area contributed by atoms with E-state index in [2.05, 4.69) is 9.97 Å². The van der Waals surface area contributed by atoms with Crippen LogP contribution in [0.15, 0.2) is 35.5 Å². The van der Waals surface area contributed by atoms with Gasteiger partial charge in [-0.15, -0.1) is 0 Å². The molecular formula is C17H20ClN3O3S. The Morgan fingerprint density at radius 1 is 1.24 bits per heavy atom. The molecule has 0 amide bonds. The summed E-state index contributed by atoms with van der Waals surface area (Å²) < 4.78 is 33.3. The van der Waals surface area contributed by atoms with Gasteiger partial charge in [-0.05, 0) is 43.9 Å². The highest BCUT2D eigenvalue weighted by atomic mass is 35.5. The van der Waals surface area contributed by atoms with Gasteiger partial charge in [0.1, 0.15) is 6.10 Å². The number of aryl methyl sites for hydroxylation is 2. The third-order valence-corrected chi connectivity index (χ3v) is 6.37. The topological polar surface area (TPSA) is 72.4 Å². The Labute approximate surface area is 152 Å². The second-order valence-corrected chi connectivity index (χ2v) is 8.54. The van der Waals surface area contributed by atoms with Gasteiger partial charge in [-0.1, -0.05) is 23.7 Å². The second-order valence-electron chi connectivity index (χ2n) is 6.20. The number of ether oxygens (including phenoxy) is 1. The standard InChI is InChI=1S/C17H20ClN3O3S/c1-12-5-6-13(2)16(8-12)25(22,23)21-7-3-4-15(11-21)24-17-19-9-14(18)10-20-17/h5-6,8-10,15H,3-4,7,11H2,1-2H3. The lowest BCUT2D eigenvalue weighted by Crippen LogP contribution is -2.44. The van der Waals surface area contributed by atoms with Gasteiger partial charge in [-0.25, -0.2) is 18.4 Å². The largest absolute Gasteiger partial charge is 0.459 e. The van der Waals surface area contributed by atoms with Crippen molar-refractivity contribution in [3.63, 3.8) is 0 Å². The van der Waals surface area contributed by atoms with Crippen molar-refractivity contribution in [1.82, 2.24) is 14.3 Å². The fourth-order valence-electron chi connectivity index (χ4n) is 2.85. The van der Waals surface area contributed by atoms with Gasteiger partial charge in [0.05, 0.1) is 28.9 Å². The predicted molar refractivity (Wildman–Crippen MR) is 95.4 cm³/mol. The van der Waals surface area contributed by atoms with Crippen LogP contribution in [0.5, 0.6) is 6.01 Å². The molecule has 1 aliphatic heterocycles. The fraction of sp³-hybridized carbons (Fsp3) is 0.412. The molecule has 134 valence electrons. The molecule has 0 radical (unpaired) electrons. The van der Waals surface area contributed by atoms with E-state index >= 15 is 0 Å². The van der Waals surface area contributed by atoms with Gasteiger partial charge >= 0.3 is 6.01 Å². The number of hydrogen-bond donors (Lipinski definition) is 0.